The van der Waals surface area contributed by atoms with Crippen molar-refractivity contribution in [1.29, 1.82) is 0 Å². The van der Waals surface area contributed by atoms with E-state index < -0.39 is 24.2 Å². The fourth-order valence-corrected chi connectivity index (χ4v) is 4.46. The number of rotatable bonds is 3. The highest BCUT2D eigenvalue weighted by molar-refractivity contribution is 5.99. The molecule has 1 N–H and O–H groups in total. The van der Waals surface area contributed by atoms with Crippen molar-refractivity contribution < 1.29 is 27.2 Å². The Bertz CT molecular complexity index is 1170. The highest BCUT2D eigenvalue weighted by atomic mass is 19.4. The van der Waals surface area contributed by atoms with Crippen molar-refractivity contribution in [2.24, 2.45) is 0 Å². The molecule has 178 valence electrons. The summed E-state index contributed by atoms with van der Waals surface area (Å²) in [5, 5.41) is 7.04. The van der Waals surface area contributed by atoms with Gasteiger partial charge >= 0.3 is 6.18 Å². The molecule has 0 aliphatic carbocycles. The Morgan fingerprint density at radius 1 is 0.971 bits per heavy atom. The minimum absolute atomic E-state index is 0.0570. The number of carbonyl (C=O) groups is 2. The zero-order valence-corrected chi connectivity index (χ0v) is 18.0. The second kappa shape index (κ2) is 8.54. The van der Waals surface area contributed by atoms with E-state index in [0.29, 0.717) is 18.7 Å². The van der Waals surface area contributed by atoms with Crippen LogP contribution in [0.15, 0.2) is 59.3 Å². The molecular formula is C23H22F3N5O3. The van der Waals surface area contributed by atoms with Crippen molar-refractivity contribution in [3.05, 3.63) is 71.8 Å². The van der Waals surface area contributed by atoms with Gasteiger partial charge in [0.25, 0.3) is 11.8 Å². The fraction of sp³-hybridized carbons (Fsp3) is 0.348. The van der Waals surface area contributed by atoms with Crippen molar-refractivity contribution in [1.82, 2.24) is 19.6 Å². The minimum Gasteiger partial charge on any atom is -0.459 e. The highest BCUT2D eigenvalue weighted by Gasteiger charge is 2.47. The van der Waals surface area contributed by atoms with E-state index in [1.807, 2.05) is 0 Å². The third-order valence-electron chi connectivity index (χ3n) is 6.26. The summed E-state index contributed by atoms with van der Waals surface area (Å²) >= 11 is 0. The molecule has 1 saturated heterocycles. The number of aromatic nitrogens is 2. The molecule has 3 aromatic rings. The van der Waals surface area contributed by atoms with Gasteiger partial charge in [0.2, 0.25) is 0 Å². The number of piperazine rings is 1. The van der Waals surface area contributed by atoms with Crippen molar-refractivity contribution in [2.75, 3.05) is 31.5 Å². The number of hydrogen-bond acceptors (Lipinski definition) is 5. The number of furan rings is 1. The predicted molar refractivity (Wildman–Crippen MR) is 115 cm³/mol. The van der Waals surface area contributed by atoms with Crippen molar-refractivity contribution >= 4 is 17.6 Å². The lowest BCUT2D eigenvalue weighted by Gasteiger charge is -2.36. The van der Waals surface area contributed by atoms with E-state index in [1.54, 1.807) is 47.4 Å². The van der Waals surface area contributed by atoms with Gasteiger partial charge < -0.3 is 19.5 Å². The van der Waals surface area contributed by atoms with E-state index in [1.165, 1.54) is 17.4 Å². The normalized spacial score (nSPS) is 20.6. The number of anilines is 1. The average molecular weight is 473 g/mol. The lowest BCUT2D eigenvalue weighted by molar-refractivity contribution is -0.173. The SMILES string of the molecule is O=C(c1ccco1)N1CCN(C(=O)c2cnn3c2N[C@@H](c2ccccc2)C[C@@H]3C(F)(F)F)CC1. The zero-order valence-electron chi connectivity index (χ0n) is 18.0. The second-order valence-electron chi connectivity index (χ2n) is 8.31. The van der Waals surface area contributed by atoms with Gasteiger partial charge in [-0.25, -0.2) is 4.68 Å². The molecule has 2 aliphatic heterocycles. The molecule has 2 atom stereocenters. The first-order valence-corrected chi connectivity index (χ1v) is 10.9. The van der Waals surface area contributed by atoms with Crippen LogP contribution in [0.4, 0.5) is 19.0 Å². The standard InChI is InChI=1S/C23H22F3N5O3/c24-23(25,26)19-13-17(15-5-2-1-3-6-15)28-20-16(14-27-31(19)20)21(32)29-8-10-30(11-9-29)22(33)18-7-4-12-34-18/h1-7,12,14,17,19,28H,8-11,13H2/t17-,19-/m1/s1. The summed E-state index contributed by atoms with van der Waals surface area (Å²) in [5.74, 6) is -0.407. The Morgan fingerprint density at radius 3 is 2.26 bits per heavy atom. The summed E-state index contributed by atoms with van der Waals surface area (Å²) in [6.45, 7) is 1.08. The Hall–Kier alpha value is -3.76. The van der Waals surface area contributed by atoms with Crippen LogP contribution in [0, 0.1) is 0 Å². The number of alkyl halides is 3. The van der Waals surface area contributed by atoms with E-state index in [0.717, 1.165) is 4.68 Å². The zero-order chi connectivity index (χ0) is 23.9. The number of nitrogens with zero attached hydrogens (tertiary/aromatic N) is 4. The minimum atomic E-state index is -4.52. The first-order valence-electron chi connectivity index (χ1n) is 10.9. The summed E-state index contributed by atoms with van der Waals surface area (Å²) in [7, 11) is 0. The molecule has 4 heterocycles. The summed E-state index contributed by atoms with van der Waals surface area (Å²) in [4.78, 5) is 28.8. The molecule has 2 aliphatic rings. The fourth-order valence-electron chi connectivity index (χ4n) is 4.46. The number of hydrogen-bond donors (Lipinski definition) is 1. The van der Waals surface area contributed by atoms with Gasteiger partial charge in [0.1, 0.15) is 11.4 Å². The molecule has 34 heavy (non-hydrogen) atoms. The first-order chi connectivity index (χ1) is 16.3. The lowest BCUT2D eigenvalue weighted by atomic mass is 9.96. The number of benzene rings is 1. The molecule has 2 aromatic heterocycles. The molecule has 1 aromatic carbocycles. The van der Waals surface area contributed by atoms with Crippen LogP contribution < -0.4 is 5.32 Å². The number of halogens is 3. The van der Waals surface area contributed by atoms with Gasteiger partial charge in [0.15, 0.2) is 11.8 Å². The van der Waals surface area contributed by atoms with Gasteiger partial charge in [-0.05, 0) is 17.7 Å². The average Bonchev–Trinajstić information content (AvgIpc) is 3.53. The topological polar surface area (TPSA) is 83.6 Å². The number of carbonyl (C=O) groups excluding carboxylic acids is 2. The van der Waals surface area contributed by atoms with Crippen molar-refractivity contribution in [3.8, 4) is 0 Å². The quantitative estimate of drug-likeness (QED) is 0.627. The molecule has 8 nitrogen and oxygen atoms in total. The molecule has 1 fully saturated rings. The van der Waals surface area contributed by atoms with Gasteiger partial charge in [0.05, 0.1) is 18.5 Å². The van der Waals surface area contributed by atoms with Gasteiger partial charge in [-0.15, -0.1) is 0 Å². The van der Waals surface area contributed by atoms with Crippen LogP contribution in [0.1, 0.15) is 45.0 Å². The van der Waals surface area contributed by atoms with Crippen molar-refractivity contribution in [3.63, 3.8) is 0 Å². The van der Waals surface area contributed by atoms with Crippen LogP contribution in [-0.4, -0.2) is 63.7 Å². The van der Waals surface area contributed by atoms with E-state index in [9.17, 15) is 22.8 Å². The molecule has 0 unspecified atom stereocenters. The van der Waals surface area contributed by atoms with Crippen LogP contribution in [0.25, 0.3) is 0 Å². The van der Waals surface area contributed by atoms with Crippen LogP contribution in [0.5, 0.6) is 0 Å². The van der Waals surface area contributed by atoms with Gasteiger partial charge in [-0.1, -0.05) is 30.3 Å². The Labute approximate surface area is 192 Å². The van der Waals surface area contributed by atoms with E-state index in [-0.39, 0.29) is 42.6 Å². The maximum Gasteiger partial charge on any atom is 0.410 e. The smallest absolute Gasteiger partial charge is 0.410 e. The number of amides is 2. The molecule has 0 spiro atoms. The third-order valence-corrected chi connectivity index (χ3v) is 6.26. The Balaban J connectivity index is 1.36. The summed E-state index contributed by atoms with van der Waals surface area (Å²) in [6.07, 6.45) is -2.14. The van der Waals surface area contributed by atoms with Gasteiger partial charge in [-0.3, -0.25) is 9.59 Å². The first kappa shape index (κ1) is 22.1. The molecule has 11 heteroatoms. The largest absolute Gasteiger partial charge is 0.459 e. The second-order valence-corrected chi connectivity index (χ2v) is 8.31. The van der Waals surface area contributed by atoms with Crippen LogP contribution in [-0.2, 0) is 0 Å². The van der Waals surface area contributed by atoms with Crippen molar-refractivity contribution in [2.45, 2.75) is 24.7 Å². The summed E-state index contributed by atoms with van der Waals surface area (Å²) in [5.41, 5.74) is 0.786. The number of fused-ring (bicyclic) bond motifs is 1. The van der Waals surface area contributed by atoms with E-state index in [4.69, 9.17) is 4.42 Å². The van der Waals surface area contributed by atoms with Crippen LogP contribution in [0.3, 0.4) is 0 Å². The lowest BCUT2D eigenvalue weighted by Crippen LogP contribution is -2.50. The molecule has 5 rings (SSSR count). The maximum atomic E-state index is 13.9. The molecule has 0 radical (unpaired) electrons. The van der Waals surface area contributed by atoms with Crippen LogP contribution in [0.2, 0.25) is 0 Å². The molecule has 0 saturated carbocycles. The summed E-state index contributed by atoms with van der Waals surface area (Å²) < 4.78 is 47.7. The molecule has 0 bridgehead atoms. The van der Waals surface area contributed by atoms with E-state index >= 15 is 0 Å². The van der Waals surface area contributed by atoms with Gasteiger partial charge in [-0.2, -0.15) is 18.3 Å². The maximum absolute atomic E-state index is 13.9. The third kappa shape index (κ3) is 4.02. The van der Waals surface area contributed by atoms with E-state index in [2.05, 4.69) is 10.4 Å². The molecular weight excluding hydrogens is 451 g/mol. The number of nitrogens with one attached hydrogen (secondary N) is 1. The predicted octanol–water partition coefficient (Wildman–Crippen LogP) is 3.73. The van der Waals surface area contributed by atoms with Gasteiger partial charge in [0, 0.05) is 32.6 Å². The Morgan fingerprint density at radius 2 is 1.65 bits per heavy atom. The summed E-state index contributed by atoms with van der Waals surface area (Å²) in [6, 6.07) is 9.57. The molecule has 2 amide bonds. The Kier molecular flexibility index (Phi) is 5.54. The highest BCUT2D eigenvalue weighted by Crippen LogP contribution is 2.44. The monoisotopic (exact) mass is 473 g/mol. The van der Waals surface area contributed by atoms with Crippen LogP contribution >= 0.6 is 0 Å².